The maximum atomic E-state index is 13.9. The van der Waals surface area contributed by atoms with E-state index in [-0.39, 0.29) is 23.5 Å². The zero-order valence-corrected chi connectivity index (χ0v) is 17.8. The van der Waals surface area contributed by atoms with E-state index in [0.717, 1.165) is 6.07 Å². The number of rotatable bonds is 8. The van der Waals surface area contributed by atoms with E-state index in [2.05, 4.69) is 15.8 Å². The van der Waals surface area contributed by atoms with Crippen LogP contribution in [0.5, 0.6) is 11.5 Å². The van der Waals surface area contributed by atoms with Gasteiger partial charge in [-0.3, -0.25) is 9.59 Å². The monoisotopic (exact) mass is 464 g/mol. The third kappa shape index (κ3) is 6.37. The van der Waals surface area contributed by atoms with Crippen molar-refractivity contribution < 1.29 is 27.8 Å². The fraction of sp³-hybridized carbons (Fsp3) is 0.0833. The fourth-order valence-electron chi connectivity index (χ4n) is 2.75. The summed E-state index contributed by atoms with van der Waals surface area (Å²) in [4.78, 5) is 24.1. The van der Waals surface area contributed by atoms with Crippen molar-refractivity contribution in [1.29, 1.82) is 5.26 Å². The number of hydrogen-bond acceptors (Lipinski definition) is 6. The molecule has 0 radical (unpaired) electrons. The molecule has 34 heavy (non-hydrogen) atoms. The Hall–Kier alpha value is -4.78. The van der Waals surface area contributed by atoms with E-state index >= 15 is 0 Å². The summed E-state index contributed by atoms with van der Waals surface area (Å²) in [5.41, 5.74) is 3.00. The minimum Gasteiger partial charge on any atom is -0.493 e. The summed E-state index contributed by atoms with van der Waals surface area (Å²) >= 11 is 0. The molecule has 2 N–H and O–H groups in total. The molecule has 0 unspecified atom stereocenters. The van der Waals surface area contributed by atoms with Crippen LogP contribution >= 0.6 is 0 Å². The zero-order chi connectivity index (χ0) is 24.5. The first-order chi connectivity index (χ1) is 16.4. The molecule has 3 rings (SSSR count). The number of hydrogen-bond donors (Lipinski definition) is 2. The van der Waals surface area contributed by atoms with Gasteiger partial charge in [-0.05, 0) is 66.2 Å². The van der Waals surface area contributed by atoms with Crippen LogP contribution in [0, 0.1) is 23.0 Å². The number of benzene rings is 3. The predicted molar refractivity (Wildman–Crippen MR) is 120 cm³/mol. The van der Waals surface area contributed by atoms with Gasteiger partial charge in [0.25, 0.3) is 11.8 Å². The molecule has 3 aromatic carbocycles. The summed E-state index contributed by atoms with van der Waals surface area (Å²) in [6.07, 6.45) is 1.31. The third-order valence-electron chi connectivity index (χ3n) is 4.40. The van der Waals surface area contributed by atoms with Crippen molar-refractivity contribution >= 4 is 23.7 Å². The number of nitrogens with zero attached hydrogens (tertiary/aromatic N) is 2. The van der Waals surface area contributed by atoms with Gasteiger partial charge in [0.15, 0.2) is 18.1 Å². The van der Waals surface area contributed by atoms with Crippen LogP contribution in [-0.4, -0.2) is 31.7 Å². The molecule has 8 nitrogen and oxygen atoms in total. The molecule has 0 aromatic heterocycles. The number of amides is 2. The van der Waals surface area contributed by atoms with E-state index in [4.69, 9.17) is 14.7 Å². The van der Waals surface area contributed by atoms with Crippen molar-refractivity contribution in [2.45, 2.75) is 0 Å². The zero-order valence-electron chi connectivity index (χ0n) is 17.8. The summed E-state index contributed by atoms with van der Waals surface area (Å²) in [6, 6.07) is 15.3. The van der Waals surface area contributed by atoms with E-state index < -0.39 is 23.4 Å². The highest BCUT2D eigenvalue weighted by atomic mass is 19.1. The lowest BCUT2D eigenvalue weighted by molar-refractivity contribution is -0.118. The molecule has 0 spiro atoms. The Bertz CT molecular complexity index is 1270. The van der Waals surface area contributed by atoms with Crippen LogP contribution in [0.15, 0.2) is 65.8 Å². The quantitative estimate of drug-likeness (QED) is 0.391. The van der Waals surface area contributed by atoms with Crippen LogP contribution in [0.1, 0.15) is 21.5 Å². The van der Waals surface area contributed by atoms with Gasteiger partial charge in [-0.15, -0.1) is 0 Å². The smallest absolute Gasteiger partial charge is 0.274 e. The number of ether oxygens (including phenoxy) is 2. The van der Waals surface area contributed by atoms with E-state index in [1.54, 1.807) is 24.3 Å². The molecular formula is C24H18F2N4O4. The highest BCUT2D eigenvalue weighted by Gasteiger charge is 2.12. The maximum absolute atomic E-state index is 13.9. The number of carbonyl (C=O) groups is 2. The predicted octanol–water partition coefficient (Wildman–Crippen LogP) is 3.63. The van der Waals surface area contributed by atoms with E-state index in [1.807, 2.05) is 0 Å². The molecule has 172 valence electrons. The van der Waals surface area contributed by atoms with Crippen molar-refractivity contribution in [2.75, 3.05) is 19.0 Å². The molecule has 10 heteroatoms. The van der Waals surface area contributed by atoms with Crippen LogP contribution in [-0.2, 0) is 4.79 Å². The third-order valence-corrected chi connectivity index (χ3v) is 4.40. The Morgan fingerprint density at radius 1 is 1.06 bits per heavy atom. The van der Waals surface area contributed by atoms with Crippen LogP contribution in [0.4, 0.5) is 14.5 Å². The van der Waals surface area contributed by atoms with Crippen molar-refractivity contribution in [2.24, 2.45) is 5.10 Å². The molecule has 3 aromatic rings. The number of anilines is 1. The van der Waals surface area contributed by atoms with Crippen molar-refractivity contribution in [3.05, 3.63) is 89.0 Å². The molecule has 0 aliphatic heterocycles. The van der Waals surface area contributed by atoms with Crippen molar-refractivity contribution in [3.63, 3.8) is 0 Å². The summed E-state index contributed by atoms with van der Waals surface area (Å²) in [5, 5.41) is 15.1. The summed E-state index contributed by atoms with van der Waals surface area (Å²) in [7, 11) is 1.41. The van der Waals surface area contributed by atoms with Gasteiger partial charge in [0.2, 0.25) is 0 Å². The largest absolute Gasteiger partial charge is 0.493 e. The van der Waals surface area contributed by atoms with Gasteiger partial charge < -0.3 is 14.8 Å². The SMILES string of the molecule is COc1cc(/C=N\NC(=O)c2ccc(C#N)cc2F)ccc1OCC(=O)Nc1ccc(F)cc1. The lowest BCUT2D eigenvalue weighted by atomic mass is 10.1. The topological polar surface area (TPSA) is 113 Å². The van der Waals surface area contributed by atoms with Gasteiger partial charge in [0, 0.05) is 5.69 Å². The standard InChI is InChI=1S/C24H18F2N4O4/c1-33-22-11-16(13-28-30-24(32)19-8-2-15(12-27)10-20(19)26)3-9-21(22)34-14-23(31)29-18-6-4-17(25)5-7-18/h2-11,13H,14H2,1H3,(H,29,31)(H,30,32)/b28-13-. The molecule has 0 fully saturated rings. The Kier molecular flexibility index (Phi) is 7.86. The first-order valence-electron chi connectivity index (χ1n) is 9.79. The Balaban J connectivity index is 1.58. The second kappa shape index (κ2) is 11.2. The first-order valence-corrected chi connectivity index (χ1v) is 9.79. The number of carbonyl (C=O) groups excluding carboxylic acids is 2. The highest BCUT2D eigenvalue weighted by molar-refractivity contribution is 5.95. The Morgan fingerprint density at radius 2 is 1.82 bits per heavy atom. The number of methoxy groups -OCH3 is 1. The molecule has 0 atom stereocenters. The minimum atomic E-state index is -0.835. The fourth-order valence-corrected chi connectivity index (χ4v) is 2.75. The van der Waals surface area contributed by atoms with Crippen molar-refractivity contribution in [1.82, 2.24) is 5.43 Å². The van der Waals surface area contributed by atoms with E-state index in [1.165, 1.54) is 49.7 Å². The number of hydrazone groups is 1. The van der Waals surface area contributed by atoms with Crippen LogP contribution < -0.4 is 20.2 Å². The minimum absolute atomic E-state index is 0.0971. The van der Waals surface area contributed by atoms with Gasteiger partial charge in [-0.1, -0.05) is 0 Å². The lowest BCUT2D eigenvalue weighted by Gasteiger charge is -2.11. The molecule has 0 saturated heterocycles. The Morgan fingerprint density at radius 3 is 2.50 bits per heavy atom. The molecule has 0 aliphatic carbocycles. The average Bonchev–Trinajstić information content (AvgIpc) is 2.84. The second-order valence-corrected chi connectivity index (χ2v) is 6.76. The van der Waals surface area contributed by atoms with Gasteiger partial charge >= 0.3 is 0 Å². The Labute approximate surface area is 193 Å². The molecule has 0 aliphatic rings. The maximum Gasteiger partial charge on any atom is 0.274 e. The average molecular weight is 464 g/mol. The van der Waals surface area contributed by atoms with Crippen molar-refractivity contribution in [3.8, 4) is 17.6 Å². The van der Waals surface area contributed by atoms with E-state index in [9.17, 15) is 18.4 Å². The molecule has 0 heterocycles. The summed E-state index contributed by atoms with van der Waals surface area (Å²) in [6.45, 7) is -0.312. The van der Waals surface area contributed by atoms with Crippen LogP contribution in [0.2, 0.25) is 0 Å². The summed E-state index contributed by atoms with van der Waals surface area (Å²) in [5.74, 6) is -1.88. The van der Waals surface area contributed by atoms with Gasteiger partial charge in [-0.25, -0.2) is 14.2 Å². The lowest BCUT2D eigenvalue weighted by Crippen LogP contribution is -2.20. The second-order valence-electron chi connectivity index (χ2n) is 6.76. The van der Waals surface area contributed by atoms with E-state index in [0.29, 0.717) is 17.0 Å². The number of nitriles is 1. The molecular weight excluding hydrogens is 446 g/mol. The first kappa shape index (κ1) is 23.9. The van der Waals surface area contributed by atoms with Crippen LogP contribution in [0.25, 0.3) is 0 Å². The highest BCUT2D eigenvalue weighted by Crippen LogP contribution is 2.27. The number of halogens is 2. The van der Waals surface area contributed by atoms with Crippen LogP contribution in [0.3, 0.4) is 0 Å². The van der Waals surface area contributed by atoms with Gasteiger partial charge in [-0.2, -0.15) is 10.4 Å². The van der Waals surface area contributed by atoms with Gasteiger partial charge in [0.05, 0.1) is 30.5 Å². The number of nitrogens with one attached hydrogen (secondary N) is 2. The normalized spacial score (nSPS) is 10.4. The molecule has 0 saturated carbocycles. The summed E-state index contributed by atoms with van der Waals surface area (Å²) < 4.78 is 37.6. The molecule has 0 bridgehead atoms. The van der Waals surface area contributed by atoms with Gasteiger partial charge in [0.1, 0.15) is 11.6 Å². The molecule has 2 amide bonds.